The van der Waals surface area contributed by atoms with Gasteiger partial charge >= 0.3 is 0 Å². The summed E-state index contributed by atoms with van der Waals surface area (Å²) in [6.07, 6.45) is -0.140. The van der Waals surface area contributed by atoms with Gasteiger partial charge in [-0.2, -0.15) is 0 Å². The summed E-state index contributed by atoms with van der Waals surface area (Å²) >= 11 is 0. The molecule has 0 radical (unpaired) electrons. The molecule has 26 heavy (non-hydrogen) atoms. The summed E-state index contributed by atoms with van der Waals surface area (Å²) in [7, 11) is 0. The quantitative estimate of drug-likeness (QED) is 0.879. The average molecular weight is 354 g/mol. The second-order valence-electron chi connectivity index (χ2n) is 6.36. The van der Waals surface area contributed by atoms with E-state index in [1.165, 1.54) is 4.90 Å². The predicted octanol–water partition coefficient (Wildman–Crippen LogP) is 2.42. The molecule has 1 atom stereocenters. The zero-order chi connectivity index (χ0) is 18.8. The van der Waals surface area contributed by atoms with Gasteiger partial charge < -0.3 is 15.8 Å². The highest BCUT2D eigenvalue weighted by atomic mass is 16.5. The normalized spacial score (nSPS) is 16.0. The predicted molar refractivity (Wildman–Crippen MR) is 100 cm³/mol. The van der Waals surface area contributed by atoms with Crippen molar-refractivity contribution in [2.45, 2.75) is 33.3 Å². The highest BCUT2D eigenvalue weighted by Crippen LogP contribution is 2.33. The van der Waals surface area contributed by atoms with Gasteiger partial charge in [0.2, 0.25) is 5.91 Å². The number of benzene rings is 1. The van der Waals surface area contributed by atoms with Crippen molar-refractivity contribution < 1.29 is 14.3 Å². The Hall–Kier alpha value is -3.09. The Morgan fingerprint density at radius 2 is 2.08 bits per heavy atom. The molecule has 0 saturated carbocycles. The smallest absolute Gasteiger partial charge is 0.269 e. The van der Waals surface area contributed by atoms with Gasteiger partial charge in [-0.25, -0.2) is 4.98 Å². The molecule has 2 heterocycles. The molecule has 1 unspecified atom stereocenters. The average Bonchev–Trinajstić information content (AvgIpc) is 2.60. The van der Waals surface area contributed by atoms with Gasteiger partial charge in [0, 0.05) is 5.69 Å². The monoisotopic (exact) mass is 354 g/mol. The van der Waals surface area contributed by atoms with Crippen molar-refractivity contribution in [3.8, 4) is 5.75 Å². The second kappa shape index (κ2) is 7.03. The highest BCUT2D eigenvalue weighted by molar-refractivity contribution is 6.05. The van der Waals surface area contributed by atoms with Crippen LogP contribution in [0.1, 0.15) is 24.5 Å². The fraction of sp³-hybridized carbons (Fsp3) is 0.316. The molecule has 7 heteroatoms. The number of carbonyl (C=O) groups excluding carboxylic acids is 2. The highest BCUT2D eigenvalue weighted by Gasteiger charge is 2.35. The molecular weight excluding hydrogens is 332 g/mol. The van der Waals surface area contributed by atoms with Gasteiger partial charge in [-0.3, -0.25) is 14.5 Å². The molecule has 2 amide bonds. The lowest BCUT2D eigenvalue weighted by molar-refractivity contribution is -0.128. The number of carbonyl (C=O) groups is 2. The molecule has 1 aliphatic rings. The molecule has 0 bridgehead atoms. The zero-order valence-corrected chi connectivity index (χ0v) is 15.1. The van der Waals surface area contributed by atoms with Crippen LogP contribution >= 0.6 is 0 Å². The van der Waals surface area contributed by atoms with Gasteiger partial charge in [-0.05, 0) is 49.6 Å². The van der Waals surface area contributed by atoms with E-state index in [4.69, 9.17) is 10.5 Å². The number of ether oxygens (including phenoxy) is 1. The van der Waals surface area contributed by atoms with Crippen LogP contribution in [-0.4, -0.2) is 29.4 Å². The first kappa shape index (κ1) is 17.7. The number of pyridine rings is 1. The number of aryl methyl sites for hydroxylation is 2. The first-order valence-corrected chi connectivity index (χ1v) is 8.50. The molecule has 3 N–H and O–H groups in total. The van der Waals surface area contributed by atoms with Crippen molar-refractivity contribution >= 4 is 29.1 Å². The Morgan fingerprint density at radius 1 is 1.31 bits per heavy atom. The lowest BCUT2D eigenvalue weighted by Crippen LogP contribution is -2.49. The van der Waals surface area contributed by atoms with Crippen LogP contribution in [0.2, 0.25) is 0 Å². The van der Waals surface area contributed by atoms with Crippen molar-refractivity contribution in [1.82, 2.24) is 4.98 Å². The van der Waals surface area contributed by atoms with E-state index in [1.807, 2.05) is 39.0 Å². The van der Waals surface area contributed by atoms with Gasteiger partial charge in [0.1, 0.15) is 12.4 Å². The molecular formula is C19H22N4O3. The molecule has 2 aromatic rings. The van der Waals surface area contributed by atoms with E-state index in [0.717, 1.165) is 16.8 Å². The molecule has 1 aliphatic heterocycles. The molecule has 1 aromatic carbocycles. The maximum absolute atomic E-state index is 12.7. The summed E-state index contributed by atoms with van der Waals surface area (Å²) in [5, 5.41) is 2.86. The van der Waals surface area contributed by atoms with E-state index >= 15 is 0 Å². The van der Waals surface area contributed by atoms with Crippen LogP contribution in [0.5, 0.6) is 5.75 Å². The van der Waals surface area contributed by atoms with E-state index < -0.39 is 6.10 Å². The minimum absolute atomic E-state index is 0.157. The van der Waals surface area contributed by atoms with Crippen LogP contribution in [0.3, 0.4) is 0 Å². The van der Waals surface area contributed by atoms with E-state index in [9.17, 15) is 9.59 Å². The maximum atomic E-state index is 12.7. The van der Waals surface area contributed by atoms with E-state index in [-0.39, 0.29) is 30.0 Å². The molecule has 136 valence electrons. The molecule has 7 nitrogen and oxygen atoms in total. The Labute approximate surface area is 152 Å². The van der Waals surface area contributed by atoms with Gasteiger partial charge in [0.25, 0.3) is 5.91 Å². The van der Waals surface area contributed by atoms with Crippen LogP contribution in [0.25, 0.3) is 0 Å². The van der Waals surface area contributed by atoms with Crippen LogP contribution in [0.4, 0.5) is 17.3 Å². The Morgan fingerprint density at radius 3 is 2.81 bits per heavy atom. The van der Waals surface area contributed by atoms with Crippen molar-refractivity contribution in [3.05, 3.63) is 41.5 Å². The Bertz CT molecular complexity index is 866. The van der Waals surface area contributed by atoms with Crippen LogP contribution in [-0.2, 0) is 9.59 Å². The summed E-state index contributed by atoms with van der Waals surface area (Å²) in [6.45, 7) is 5.57. The van der Waals surface area contributed by atoms with Crippen molar-refractivity contribution in [2.24, 2.45) is 0 Å². The number of nitrogen functional groups attached to an aromatic ring is 1. The van der Waals surface area contributed by atoms with Crippen molar-refractivity contribution in [1.29, 1.82) is 0 Å². The first-order valence-electron chi connectivity index (χ1n) is 8.50. The minimum Gasteiger partial charge on any atom is -0.477 e. The third kappa shape index (κ3) is 3.46. The first-order chi connectivity index (χ1) is 12.4. The standard InChI is InChI=1S/C19H22N4O3/c1-4-14-19(25)23(18-15(26-14)7-8-16(20)22-18)10-17(24)21-13-9-11(2)5-6-12(13)3/h5-9,14H,4,10H2,1-3H3,(H2,20,22)(H,21,24). The maximum Gasteiger partial charge on any atom is 0.269 e. The number of rotatable bonds is 4. The number of fused-ring (bicyclic) bond motifs is 1. The molecule has 3 rings (SSSR count). The van der Waals surface area contributed by atoms with E-state index in [1.54, 1.807) is 12.1 Å². The SMILES string of the molecule is CCC1Oc2ccc(N)nc2N(CC(=O)Nc2cc(C)ccc2C)C1=O. The number of hydrogen-bond donors (Lipinski definition) is 2. The van der Waals surface area contributed by atoms with E-state index in [2.05, 4.69) is 10.3 Å². The van der Waals surface area contributed by atoms with Gasteiger partial charge in [-0.1, -0.05) is 19.1 Å². The number of anilines is 3. The largest absolute Gasteiger partial charge is 0.477 e. The van der Waals surface area contributed by atoms with Crippen LogP contribution < -0.4 is 20.7 Å². The third-order valence-corrected chi connectivity index (χ3v) is 4.27. The number of nitrogens with zero attached hydrogens (tertiary/aromatic N) is 2. The minimum atomic E-state index is -0.638. The lowest BCUT2D eigenvalue weighted by atomic mass is 10.1. The zero-order valence-electron chi connectivity index (χ0n) is 15.1. The van der Waals surface area contributed by atoms with E-state index in [0.29, 0.717) is 12.2 Å². The summed E-state index contributed by atoms with van der Waals surface area (Å²) in [6, 6.07) is 9.09. The Balaban J connectivity index is 1.85. The summed E-state index contributed by atoms with van der Waals surface area (Å²) < 4.78 is 5.67. The number of aromatic nitrogens is 1. The summed E-state index contributed by atoms with van der Waals surface area (Å²) in [4.78, 5) is 30.8. The number of amides is 2. The molecule has 0 fully saturated rings. The molecule has 0 saturated heterocycles. The molecule has 0 spiro atoms. The fourth-order valence-corrected chi connectivity index (χ4v) is 2.83. The van der Waals surface area contributed by atoms with Gasteiger partial charge in [0.15, 0.2) is 17.7 Å². The van der Waals surface area contributed by atoms with Crippen LogP contribution in [0, 0.1) is 13.8 Å². The fourth-order valence-electron chi connectivity index (χ4n) is 2.83. The number of hydrogen-bond acceptors (Lipinski definition) is 5. The second-order valence-corrected chi connectivity index (χ2v) is 6.36. The topological polar surface area (TPSA) is 97.6 Å². The van der Waals surface area contributed by atoms with Crippen molar-refractivity contribution in [3.63, 3.8) is 0 Å². The third-order valence-electron chi connectivity index (χ3n) is 4.27. The summed E-state index contributed by atoms with van der Waals surface area (Å²) in [5.74, 6) is 0.379. The number of nitrogens with two attached hydrogens (primary N) is 1. The number of nitrogens with one attached hydrogen (secondary N) is 1. The molecule has 1 aromatic heterocycles. The summed E-state index contributed by atoms with van der Waals surface area (Å²) in [5.41, 5.74) is 8.46. The van der Waals surface area contributed by atoms with Crippen molar-refractivity contribution in [2.75, 3.05) is 22.5 Å². The van der Waals surface area contributed by atoms with Crippen LogP contribution in [0.15, 0.2) is 30.3 Å². The van der Waals surface area contributed by atoms with Gasteiger partial charge in [-0.15, -0.1) is 0 Å². The Kier molecular flexibility index (Phi) is 4.79. The molecule has 0 aliphatic carbocycles. The van der Waals surface area contributed by atoms with Gasteiger partial charge in [0.05, 0.1) is 0 Å². The lowest BCUT2D eigenvalue weighted by Gasteiger charge is -2.32.